The average Bonchev–Trinajstić information content (AvgIpc) is 2.67. The van der Waals surface area contributed by atoms with E-state index in [9.17, 15) is 9.90 Å². The molecular weight excluding hydrogens is 274 g/mol. The van der Waals surface area contributed by atoms with E-state index in [1.54, 1.807) is 0 Å². The van der Waals surface area contributed by atoms with Gasteiger partial charge in [-0.05, 0) is 67.2 Å². The third-order valence-corrected chi connectivity index (χ3v) is 6.89. The Hall–Kier alpha value is -1.35. The molecule has 3 heteroatoms. The largest absolute Gasteiger partial charge is 0.393 e. The van der Waals surface area contributed by atoms with Gasteiger partial charge < -0.3 is 10.4 Å². The Labute approximate surface area is 133 Å². The summed E-state index contributed by atoms with van der Waals surface area (Å²) in [6, 6.07) is 6.12. The molecule has 3 rings (SSSR count). The van der Waals surface area contributed by atoms with Gasteiger partial charge in [-0.1, -0.05) is 26.8 Å². The summed E-state index contributed by atoms with van der Waals surface area (Å²) < 4.78 is 0. The van der Waals surface area contributed by atoms with E-state index in [2.05, 4.69) is 32.2 Å². The number of nitrogens with one attached hydrogen (secondary N) is 1. The highest BCUT2D eigenvalue weighted by atomic mass is 16.3. The minimum atomic E-state index is -0.460. The van der Waals surface area contributed by atoms with Gasteiger partial charge in [0.15, 0.2) is 0 Å². The maximum absolute atomic E-state index is 13.1. The number of anilines is 1. The third-order valence-electron chi connectivity index (χ3n) is 6.89. The summed E-state index contributed by atoms with van der Waals surface area (Å²) in [6.07, 6.45) is 1.97. The highest BCUT2D eigenvalue weighted by molar-refractivity contribution is 5.97. The Morgan fingerprint density at radius 3 is 2.18 bits per heavy atom. The Kier molecular flexibility index (Phi) is 3.23. The number of benzene rings is 1. The van der Waals surface area contributed by atoms with Crippen molar-refractivity contribution < 1.29 is 9.90 Å². The Balaban J connectivity index is 1.92. The summed E-state index contributed by atoms with van der Waals surface area (Å²) in [5.74, 6) is 0.0720. The van der Waals surface area contributed by atoms with Crippen LogP contribution in [0.15, 0.2) is 18.2 Å². The normalized spacial score (nSPS) is 35.6. The van der Waals surface area contributed by atoms with E-state index in [1.165, 1.54) is 0 Å². The molecule has 22 heavy (non-hydrogen) atoms. The number of hydrogen-bond donors (Lipinski definition) is 2. The van der Waals surface area contributed by atoms with Crippen LogP contribution in [0.1, 0.15) is 51.2 Å². The molecule has 2 aliphatic rings. The van der Waals surface area contributed by atoms with Crippen molar-refractivity contribution in [1.29, 1.82) is 0 Å². The van der Waals surface area contributed by atoms with Gasteiger partial charge in [0.2, 0.25) is 5.91 Å². The van der Waals surface area contributed by atoms with Crippen LogP contribution in [0.4, 0.5) is 5.69 Å². The number of aryl methyl sites for hydroxylation is 2. The second-order valence-corrected chi connectivity index (χ2v) is 8.18. The van der Waals surface area contributed by atoms with E-state index in [0.29, 0.717) is 6.42 Å². The predicted octanol–water partition coefficient (Wildman–Crippen LogP) is 3.82. The minimum absolute atomic E-state index is 0.0720. The fraction of sp³-hybridized carbons (Fsp3) is 0.632. The molecule has 0 radical (unpaired) electrons. The van der Waals surface area contributed by atoms with Crippen LogP contribution < -0.4 is 5.32 Å². The first-order valence-corrected chi connectivity index (χ1v) is 8.20. The standard InChI is InChI=1S/C19H27NO2/c1-12-8-13(2)10-14(9-12)20-16(22)19-7-6-18(5,15(21)11-19)17(19,3)4/h8-10,15,21H,6-7,11H2,1-5H3,(H,20,22). The average molecular weight is 301 g/mol. The Morgan fingerprint density at radius 1 is 1.14 bits per heavy atom. The smallest absolute Gasteiger partial charge is 0.231 e. The highest BCUT2D eigenvalue weighted by Gasteiger charge is 2.72. The Bertz CT molecular complexity index is 616. The molecule has 2 N–H and O–H groups in total. The SMILES string of the molecule is Cc1cc(C)cc(NC(=O)C23CCC(C)(C(O)C2)C3(C)C)c1. The van der Waals surface area contributed by atoms with Gasteiger partial charge in [-0.15, -0.1) is 0 Å². The first-order valence-electron chi connectivity index (χ1n) is 8.20. The second kappa shape index (κ2) is 4.58. The van der Waals surface area contributed by atoms with Gasteiger partial charge in [-0.3, -0.25) is 4.79 Å². The molecule has 1 aromatic carbocycles. The van der Waals surface area contributed by atoms with Gasteiger partial charge >= 0.3 is 0 Å². The lowest BCUT2D eigenvalue weighted by Crippen LogP contribution is -2.43. The molecule has 0 saturated heterocycles. The van der Waals surface area contributed by atoms with Gasteiger partial charge in [0.1, 0.15) is 0 Å². The lowest BCUT2D eigenvalue weighted by molar-refractivity contribution is -0.130. The third kappa shape index (κ3) is 1.81. The zero-order valence-corrected chi connectivity index (χ0v) is 14.3. The zero-order valence-electron chi connectivity index (χ0n) is 14.3. The maximum atomic E-state index is 13.1. The number of amides is 1. The fourth-order valence-electron chi connectivity index (χ4n) is 4.93. The molecular formula is C19H27NO2. The van der Waals surface area contributed by atoms with Crippen molar-refractivity contribution in [3.63, 3.8) is 0 Å². The molecule has 1 aromatic rings. The van der Waals surface area contributed by atoms with E-state index in [4.69, 9.17) is 0 Å². The maximum Gasteiger partial charge on any atom is 0.231 e. The van der Waals surface area contributed by atoms with Crippen molar-refractivity contribution >= 4 is 11.6 Å². The molecule has 0 aliphatic heterocycles. The lowest BCUT2D eigenvalue weighted by atomic mass is 9.64. The molecule has 0 heterocycles. The van der Waals surface area contributed by atoms with Crippen LogP contribution in [0.5, 0.6) is 0 Å². The molecule has 1 amide bonds. The highest BCUT2D eigenvalue weighted by Crippen LogP contribution is 2.72. The summed E-state index contributed by atoms with van der Waals surface area (Å²) in [7, 11) is 0. The quantitative estimate of drug-likeness (QED) is 0.872. The number of aliphatic hydroxyl groups excluding tert-OH is 1. The second-order valence-electron chi connectivity index (χ2n) is 8.18. The summed E-state index contributed by atoms with van der Waals surface area (Å²) in [6.45, 7) is 10.5. The topological polar surface area (TPSA) is 49.3 Å². The molecule has 0 spiro atoms. The monoisotopic (exact) mass is 301 g/mol. The van der Waals surface area contributed by atoms with Gasteiger partial charge in [-0.25, -0.2) is 0 Å². The number of carbonyl (C=O) groups is 1. The molecule has 2 saturated carbocycles. The zero-order chi connectivity index (χ0) is 16.3. The first kappa shape index (κ1) is 15.5. The van der Waals surface area contributed by atoms with Crippen molar-refractivity contribution in [2.45, 2.75) is 60.0 Å². The molecule has 3 unspecified atom stereocenters. The molecule has 2 aliphatic carbocycles. The van der Waals surface area contributed by atoms with Crippen LogP contribution >= 0.6 is 0 Å². The van der Waals surface area contributed by atoms with Crippen LogP contribution in [0.3, 0.4) is 0 Å². The van der Waals surface area contributed by atoms with Crippen molar-refractivity contribution in [2.24, 2.45) is 16.2 Å². The van der Waals surface area contributed by atoms with Crippen LogP contribution in [-0.4, -0.2) is 17.1 Å². The van der Waals surface area contributed by atoms with E-state index >= 15 is 0 Å². The van der Waals surface area contributed by atoms with Crippen LogP contribution in [-0.2, 0) is 4.79 Å². The number of carbonyl (C=O) groups excluding carboxylic acids is 1. The summed E-state index contributed by atoms with van der Waals surface area (Å²) in [5.41, 5.74) is 2.35. The van der Waals surface area contributed by atoms with Gasteiger partial charge in [-0.2, -0.15) is 0 Å². The first-order chi connectivity index (χ1) is 10.1. The van der Waals surface area contributed by atoms with Gasteiger partial charge in [0.25, 0.3) is 0 Å². The van der Waals surface area contributed by atoms with Gasteiger partial charge in [0.05, 0.1) is 11.5 Å². The van der Waals surface area contributed by atoms with Crippen molar-refractivity contribution in [2.75, 3.05) is 5.32 Å². The molecule has 2 bridgehead atoms. The fourth-order valence-corrected chi connectivity index (χ4v) is 4.93. The molecule has 3 nitrogen and oxygen atoms in total. The lowest BCUT2D eigenvalue weighted by Gasteiger charge is -2.40. The summed E-state index contributed by atoms with van der Waals surface area (Å²) >= 11 is 0. The summed E-state index contributed by atoms with van der Waals surface area (Å²) in [5, 5.41) is 13.6. The van der Waals surface area contributed by atoms with Crippen molar-refractivity contribution in [1.82, 2.24) is 0 Å². The van der Waals surface area contributed by atoms with Gasteiger partial charge in [0, 0.05) is 5.69 Å². The molecule has 0 aromatic heterocycles. The number of hydrogen-bond acceptors (Lipinski definition) is 2. The van der Waals surface area contributed by atoms with E-state index < -0.39 is 5.41 Å². The molecule has 2 fully saturated rings. The van der Waals surface area contributed by atoms with Crippen LogP contribution in [0, 0.1) is 30.1 Å². The molecule has 3 atom stereocenters. The van der Waals surface area contributed by atoms with E-state index in [0.717, 1.165) is 29.7 Å². The van der Waals surface area contributed by atoms with E-state index in [-0.39, 0.29) is 22.8 Å². The Morgan fingerprint density at radius 2 is 1.73 bits per heavy atom. The number of rotatable bonds is 2. The predicted molar refractivity (Wildman–Crippen MR) is 88.7 cm³/mol. The molecule has 120 valence electrons. The van der Waals surface area contributed by atoms with Crippen LogP contribution in [0.25, 0.3) is 0 Å². The van der Waals surface area contributed by atoms with E-state index in [1.807, 2.05) is 26.0 Å². The summed E-state index contributed by atoms with van der Waals surface area (Å²) in [4.78, 5) is 13.1. The number of aliphatic hydroxyl groups is 1. The van der Waals surface area contributed by atoms with Crippen molar-refractivity contribution in [3.8, 4) is 0 Å². The number of fused-ring (bicyclic) bond motifs is 2. The van der Waals surface area contributed by atoms with Crippen LogP contribution in [0.2, 0.25) is 0 Å². The van der Waals surface area contributed by atoms with Crippen molar-refractivity contribution in [3.05, 3.63) is 29.3 Å². The minimum Gasteiger partial charge on any atom is -0.393 e.